The molecule has 7 nitrogen and oxygen atoms in total. The Morgan fingerprint density at radius 1 is 1.50 bits per heavy atom. The summed E-state index contributed by atoms with van der Waals surface area (Å²) in [7, 11) is 0. The van der Waals surface area contributed by atoms with Crippen LogP contribution in [-0.2, 0) is 5.75 Å². The summed E-state index contributed by atoms with van der Waals surface area (Å²) in [5, 5.41) is 15.2. The van der Waals surface area contributed by atoms with Crippen molar-refractivity contribution in [3.05, 3.63) is 34.1 Å². The predicted octanol–water partition coefficient (Wildman–Crippen LogP) is 2.87. The number of nitrogens with two attached hydrogens (primary N) is 1. The predicted molar refractivity (Wildman–Crippen MR) is 77.2 cm³/mol. The summed E-state index contributed by atoms with van der Waals surface area (Å²) in [6.45, 7) is 4.16. The van der Waals surface area contributed by atoms with Gasteiger partial charge in [-0.15, -0.1) is 0 Å². The van der Waals surface area contributed by atoms with Gasteiger partial charge in [0.25, 0.3) is 11.6 Å². The smallest absolute Gasteiger partial charge is 0.292 e. The van der Waals surface area contributed by atoms with Gasteiger partial charge in [0.15, 0.2) is 5.82 Å². The molecule has 0 bridgehead atoms. The minimum Gasteiger partial charge on any atom is -0.393 e. The van der Waals surface area contributed by atoms with Gasteiger partial charge in [0.05, 0.1) is 10.7 Å². The molecule has 0 amide bonds. The maximum Gasteiger partial charge on any atom is 0.292 e. The lowest BCUT2D eigenvalue weighted by Gasteiger charge is -1.99. The maximum absolute atomic E-state index is 10.8. The van der Waals surface area contributed by atoms with Crippen LogP contribution in [0.2, 0.25) is 0 Å². The Morgan fingerprint density at radius 3 is 2.90 bits per heavy atom. The monoisotopic (exact) mass is 294 g/mol. The average molecular weight is 294 g/mol. The summed E-state index contributed by atoms with van der Waals surface area (Å²) < 4.78 is 5.12. The molecule has 0 saturated heterocycles. The molecule has 0 radical (unpaired) electrons. The number of aromatic nitrogens is 2. The van der Waals surface area contributed by atoms with Crippen LogP contribution in [0.5, 0.6) is 0 Å². The molecule has 2 rings (SSSR count). The van der Waals surface area contributed by atoms with Gasteiger partial charge < -0.3 is 10.3 Å². The quantitative estimate of drug-likeness (QED) is 0.513. The molecule has 0 atom stereocenters. The van der Waals surface area contributed by atoms with Crippen LogP contribution in [0.3, 0.4) is 0 Å². The van der Waals surface area contributed by atoms with Crippen LogP contribution in [0.25, 0.3) is 11.5 Å². The number of rotatable bonds is 5. The highest BCUT2D eigenvalue weighted by atomic mass is 32.2. The molecule has 0 aliphatic heterocycles. The molecule has 2 aromatic rings. The van der Waals surface area contributed by atoms with Crippen LogP contribution in [-0.4, -0.2) is 20.3 Å². The summed E-state index contributed by atoms with van der Waals surface area (Å²) >= 11 is 1.69. The second kappa shape index (κ2) is 5.91. The molecule has 20 heavy (non-hydrogen) atoms. The molecule has 106 valence electrons. The van der Waals surface area contributed by atoms with Gasteiger partial charge in [-0.1, -0.05) is 19.0 Å². The number of nitrogens with zero attached hydrogens (tertiary/aromatic N) is 3. The second-order valence-corrected chi connectivity index (χ2v) is 5.97. The summed E-state index contributed by atoms with van der Waals surface area (Å²) in [6.07, 6.45) is 0. The molecule has 0 spiro atoms. The summed E-state index contributed by atoms with van der Waals surface area (Å²) in [4.78, 5) is 14.5. The van der Waals surface area contributed by atoms with E-state index in [1.807, 2.05) is 0 Å². The van der Waals surface area contributed by atoms with E-state index in [4.69, 9.17) is 10.3 Å². The first-order valence-corrected chi connectivity index (χ1v) is 7.00. The van der Waals surface area contributed by atoms with Gasteiger partial charge in [-0.2, -0.15) is 16.7 Å². The number of anilines is 1. The van der Waals surface area contributed by atoms with Gasteiger partial charge in [0, 0.05) is 11.6 Å². The van der Waals surface area contributed by atoms with E-state index in [1.165, 1.54) is 12.1 Å². The highest BCUT2D eigenvalue weighted by Crippen LogP contribution is 2.28. The molecule has 0 aliphatic carbocycles. The molecule has 1 aromatic carbocycles. The zero-order valence-electron chi connectivity index (χ0n) is 11.1. The Kier molecular flexibility index (Phi) is 4.23. The van der Waals surface area contributed by atoms with Crippen molar-refractivity contribution in [1.82, 2.24) is 10.1 Å². The van der Waals surface area contributed by atoms with E-state index in [9.17, 15) is 10.1 Å². The van der Waals surface area contributed by atoms with Gasteiger partial charge in [-0.3, -0.25) is 10.1 Å². The molecule has 2 N–H and O–H groups in total. The Hall–Kier alpha value is -2.09. The van der Waals surface area contributed by atoms with E-state index >= 15 is 0 Å². The fraction of sp³-hybridized carbons (Fsp3) is 0.333. The molecule has 0 saturated carbocycles. The number of nitrogen functional groups attached to an aromatic ring is 1. The minimum atomic E-state index is -0.537. The standard InChI is InChI=1S/C12H14N4O3S/c1-7(2)20-6-11-14-12(19-15-11)8-3-4-9(13)10(5-8)16(17)18/h3-5,7H,6,13H2,1-2H3. The third kappa shape index (κ3) is 3.27. The van der Waals surface area contributed by atoms with Crippen LogP contribution in [0.4, 0.5) is 11.4 Å². The van der Waals surface area contributed by atoms with Crippen molar-refractivity contribution >= 4 is 23.1 Å². The lowest BCUT2D eigenvalue weighted by molar-refractivity contribution is -0.383. The van der Waals surface area contributed by atoms with Crippen molar-refractivity contribution in [3.63, 3.8) is 0 Å². The first-order valence-electron chi connectivity index (χ1n) is 5.96. The maximum atomic E-state index is 10.8. The number of nitro groups is 1. The number of nitro benzene ring substituents is 1. The highest BCUT2D eigenvalue weighted by Gasteiger charge is 2.16. The third-order valence-corrected chi connectivity index (χ3v) is 3.58. The normalized spacial score (nSPS) is 10.9. The molecular weight excluding hydrogens is 280 g/mol. The van der Waals surface area contributed by atoms with Gasteiger partial charge in [0.1, 0.15) is 5.69 Å². The van der Waals surface area contributed by atoms with Crippen LogP contribution in [0, 0.1) is 10.1 Å². The fourth-order valence-electron chi connectivity index (χ4n) is 1.51. The van der Waals surface area contributed by atoms with Crippen LogP contribution >= 0.6 is 11.8 Å². The van der Waals surface area contributed by atoms with Gasteiger partial charge in [-0.05, 0) is 17.4 Å². The second-order valence-electron chi connectivity index (χ2n) is 4.41. The van der Waals surface area contributed by atoms with Crippen molar-refractivity contribution in [2.24, 2.45) is 0 Å². The molecule has 0 aliphatic rings. The number of thioether (sulfide) groups is 1. The summed E-state index contributed by atoms with van der Waals surface area (Å²) in [5.41, 5.74) is 5.97. The molecule has 0 unspecified atom stereocenters. The highest BCUT2D eigenvalue weighted by molar-refractivity contribution is 7.99. The van der Waals surface area contributed by atoms with Crippen molar-refractivity contribution in [2.45, 2.75) is 24.9 Å². The fourth-order valence-corrected chi connectivity index (χ4v) is 2.11. The van der Waals surface area contributed by atoms with Crippen LogP contribution in [0.1, 0.15) is 19.7 Å². The summed E-state index contributed by atoms with van der Waals surface area (Å²) in [5.74, 6) is 1.46. The molecule has 0 fully saturated rings. The molecule has 1 aromatic heterocycles. The lowest BCUT2D eigenvalue weighted by Crippen LogP contribution is -1.95. The van der Waals surface area contributed by atoms with E-state index < -0.39 is 4.92 Å². The van der Waals surface area contributed by atoms with Crippen LogP contribution < -0.4 is 5.73 Å². The van der Waals surface area contributed by atoms with Crippen molar-refractivity contribution in [2.75, 3.05) is 5.73 Å². The zero-order chi connectivity index (χ0) is 14.7. The SMILES string of the molecule is CC(C)SCc1noc(-c2ccc(N)c([N+](=O)[O-])c2)n1. The van der Waals surface area contributed by atoms with E-state index in [0.29, 0.717) is 22.4 Å². The number of hydrogen-bond donors (Lipinski definition) is 1. The van der Waals surface area contributed by atoms with Crippen LogP contribution in [0.15, 0.2) is 22.7 Å². The Balaban J connectivity index is 2.24. The zero-order valence-corrected chi connectivity index (χ0v) is 11.9. The van der Waals surface area contributed by atoms with E-state index in [1.54, 1.807) is 17.8 Å². The first-order chi connectivity index (χ1) is 9.47. The van der Waals surface area contributed by atoms with E-state index in [2.05, 4.69) is 24.0 Å². The van der Waals surface area contributed by atoms with Gasteiger partial charge >= 0.3 is 0 Å². The van der Waals surface area contributed by atoms with Crippen molar-refractivity contribution in [1.29, 1.82) is 0 Å². The topological polar surface area (TPSA) is 108 Å². The van der Waals surface area contributed by atoms with E-state index in [-0.39, 0.29) is 17.3 Å². The largest absolute Gasteiger partial charge is 0.393 e. The van der Waals surface area contributed by atoms with Crippen molar-refractivity contribution < 1.29 is 9.45 Å². The molecule has 1 heterocycles. The number of hydrogen-bond acceptors (Lipinski definition) is 7. The molecular formula is C12H14N4O3S. The Bertz CT molecular complexity index is 627. The number of benzene rings is 1. The Labute approximate surface area is 119 Å². The average Bonchev–Trinajstić information content (AvgIpc) is 2.85. The van der Waals surface area contributed by atoms with Crippen molar-refractivity contribution in [3.8, 4) is 11.5 Å². The lowest BCUT2D eigenvalue weighted by atomic mass is 10.2. The first kappa shape index (κ1) is 14.3. The van der Waals surface area contributed by atoms with Gasteiger partial charge in [-0.25, -0.2) is 0 Å². The van der Waals surface area contributed by atoms with E-state index in [0.717, 1.165) is 0 Å². The Morgan fingerprint density at radius 2 is 2.25 bits per heavy atom. The minimum absolute atomic E-state index is 0.105. The third-order valence-electron chi connectivity index (χ3n) is 2.49. The summed E-state index contributed by atoms with van der Waals surface area (Å²) in [6, 6.07) is 4.41. The van der Waals surface area contributed by atoms with Gasteiger partial charge in [0.2, 0.25) is 0 Å². The molecule has 8 heteroatoms.